The lowest BCUT2D eigenvalue weighted by Crippen LogP contribution is -2.34. The van der Waals surface area contributed by atoms with Crippen LogP contribution in [0.4, 0.5) is 0 Å². The third kappa shape index (κ3) is 4.73. The maximum absolute atomic E-state index is 11.8. The number of ether oxygens (including phenoxy) is 2. The highest BCUT2D eigenvalue weighted by atomic mass is 16.5. The summed E-state index contributed by atoms with van der Waals surface area (Å²) < 4.78 is 10.9. The van der Waals surface area contributed by atoms with Gasteiger partial charge < -0.3 is 9.47 Å². The number of esters is 1. The molecule has 3 rings (SSSR count). The first-order valence-electron chi connectivity index (χ1n) is 12.2. The van der Waals surface area contributed by atoms with E-state index in [1.165, 1.54) is 29.5 Å². The van der Waals surface area contributed by atoms with Crippen LogP contribution in [0, 0.1) is 11.8 Å². The second kappa shape index (κ2) is 9.17. The minimum Gasteiger partial charge on any atom is -0.463 e. The van der Waals surface area contributed by atoms with E-state index in [0.29, 0.717) is 18.4 Å². The first-order chi connectivity index (χ1) is 15.0. The van der Waals surface area contributed by atoms with E-state index in [0.717, 1.165) is 18.8 Å². The Morgan fingerprint density at radius 3 is 2.31 bits per heavy atom. The summed E-state index contributed by atoms with van der Waals surface area (Å²) in [5.74, 6) is 0.544. The number of rotatable bonds is 8. The number of allylic oxidation sites excluding steroid dienone is 3. The van der Waals surface area contributed by atoms with Gasteiger partial charge in [0.25, 0.3) is 0 Å². The first kappa shape index (κ1) is 24.8. The lowest BCUT2D eigenvalue weighted by Gasteiger charge is -2.42. The van der Waals surface area contributed by atoms with Gasteiger partial charge in [-0.05, 0) is 78.5 Å². The third-order valence-corrected chi connectivity index (χ3v) is 7.96. The largest absolute Gasteiger partial charge is 0.463 e. The second-order valence-electron chi connectivity index (χ2n) is 11.1. The van der Waals surface area contributed by atoms with E-state index in [1.54, 1.807) is 6.08 Å². The lowest BCUT2D eigenvalue weighted by molar-refractivity contribution is -0.137. The van der Waals surface area contributed by atoms with E-state index < -0.39 is 0 Å². The van der Waals surface area contributed by atoms with E-state index >= 15 is 0 Å². The lowest BCUT2D eigenvalue weighted by atomic mass is 9.62. The van der Waals surface area contributed by atoms with Gasteiger partial charge in [-0.1, -0.05) is 65.0 Å². The molecule has 2 aliphatic carbocycles. The highest BCUT2D eigenvalue weighted by Gasteiger charge is 2.60. The molecule has 0 N–H and O–H groups in total. The molecule has 0 bridgehead atoms. The Hall–Kier alpha value is -1.87. The Morgan fingerprint density at radius 2 is 1.69 bits per heavy atom. The van der Waals surface area contributed by atoms with E-state index in [1.807, 2.05) is 13.8 Å². The van der Waals surface area contributed by atoms with Crippen molar-refractivity contribution in [1.82, 2.24) is 0 Å². The van der Waals surface area contributed by atoms with Gasteiger partial charge in [-0.2, -0.15) is 0 Å². The molecular formula is C29H42O3. The summed E-state index contributed by atoms with van der Waals surface area (Å²) in [5.41, 5.74) is 5.81. The Morgan fingerprint density at radius 1 is 1.03 bits per heavy atom. The summed E-state index contributed by atoms with van der Waals surface area (Å²) in [4.78, 5) is 11.8. The molecule has 32 heavy (non-hydrogen) atoms. The number of carbonyl (C=O) groups is 1. The van der Waals surface area contributed by atoms with Crippen LogP contribution in [0.15, 0.2) is 42.0 Å². The molecular weight excluding hydrogens is 396 g/mol. The quantitative estimate of drug-likeness (QED) is 0.259. The summed E-state index contributed by atoms with van der Waals surface area (Å²) in [6.45, 7) is 19.6. The minimum absolute atomic E-state index is 0.0442. The van der Waals surface area contributed by atoms with E-state index in [4.69, 9.17) is 9.47 Å². The molecule has 0 amide bonds. The molecule has 0 saturated heterocycles. The molecule has 2 aliphatic rings. The zero-order valence-corrected chi connectivity index (χ0v) is 21.4. The molecule has 1 aromatic rings. The van der Waals surface area contributed by atoms with Crippen molar-refractivity contribution in [2.45, 2.75) is 84.5 Å². The van der Waals surface area contributed by atoms with Gasteiger partial charge in [0.2, 0.25) is 0 Å². The number of fused-ring (bicyclic) bond motifs is 1. The fourth-order valence-electron chi connectivity index (χ4n) is 5.50. The Kier molecular flexibility index (Phi) is 7.10. The molecule has 1 aromatic carbocycles. The predicted octanol–water partition coefficient (Wildman–Crippen LogP) is 6.64. The van der Waals surface area contributed by atoms with Gasteiger partial charge in [0.05, 0.1) is 13.2 Å². The molecule has 0 spiro atoms. The summed E-state index contributed by atoms with van der Waals surface area (Å²) in [6.07, 6.45) is 8.35. The molecule has 3 atom stereocenters. The molecule has 176 valence electrons. The highest BCUT2D eigenvalue weighted by Crippen LogP contribution is 2.61. The Balaban J connectivity index is 1.92. The monoisotopic (exact) mass is 438 g/mol. The van der Waals surface area contributed by atoms with Crippen molar-refractivity contribution in [3.63, 3.8) is 0 Å². The van der Waals surface area contributed by atoms with Crippen molar-refractivity contribution in [2.24, 2.45) is 11.8 Å². The van der Waals surface area contributed by atoms with Gasteiger partial charge in [-0.25, -0.2) is 4.79 Å². The molecule has 1 fully saturated rings. The van der Waals surface area contributed by atoms with Crippen LogP contribution in [-0.4, -0.2) is 25.8 Å². The topological polar surface area (TPSA) is 35.5 Å². The molecule has 3 heteroatoms. The number of benzene rings is 1. The zero-order chi connectivity index (χ0) is 23.7. The molecule has 0 heterocycles. The van der Waals surface area contributed by atoms with Gasteiger partial charge in [-0.3, -0.25) is 0 Å². The summed E-state index contributed by atoms with van der Waals surface area (Å²) in [6, 6.07) is 7.24. The number of carbonyl (C=O) groups excluding carboxylic acids is 1. The zero-order valence-electron chi connectivity index (χ0n) is 21.4. The van der Waals surface area contributed by atoms with Crippen molar-refractivity contribution in [3.05, 3.63) is 58.7 Å². The maximum atomic E-state index is 11.8. The van der Waals surface area contributed by atoms with Crippen LogP contribution in [0.1, 0.15) is 84.9 Å². The van der Waals surface area contributed by atoms with Gasteiger partial charge in [0, 0.05) is 18.1 Å². The van der Waals surface area contributed by atoms with Crippen LogP contribution < -0.4 is 0 Å². The van der Waals surface area contributed by atoms with Gasteiger partial charge in [-0.15, -0.1) is 0 Å². The Labute approximate surface area is 195 Å². The van der Waals surface area contributed by atoms with Crippen LogP contribution in [-0.2, 0) is 30.5 Å². The minimum atomic E-state index is -0.279. The van der Waals surface area contributed by atoms with Gasteiger partial charge in [0.15, 0.2) is 0 Å². The summed E-state index contributed by atoms with van der Waals surface area (Å²) >= 11 is 0. The van der Waals surface area contributed by atoms with Gasteiger partial charge in [0.1, 0.15) is 0 Å². The predicted molar refractivity (Wildman–Crippen MR) is 132 cm³/mol. The maximum Gasteiger partial charge on any atom is 0.330 e. The van der Waals surface area contributed by atoms with Crippen LogP contribution in [0.25, 0.3) is 0 Å². The van der Waals surface area contributed by atoms with Crippen LogP contribution in [0.2, 0.25) is 0 Å². The molecule has 1 saturated carbocycles. The average Bonchev–Trinajstić information content (AvgIpc) is 3.32. The number of hydrogen-bond donors (Lipinski definition) is 0. The van der Waals surface area contributed by atoms with Crippen LogP contribution in [0.5, 0.6) is 0 Å². The van der Waals surface area contributed by atoms with E-state index in [9.17, 15) is 4.79 Å². The smallest absolute Gasteiger partial charge is 0.330 e. The standard InChI is InChI=1S/C29H42O3/c1-9-31-19-25-23(13-11-20(3)17-26(30)32-10-2)29(25,8)21-12-14-22-24(18-21)28(6,7)16-15-27(22,4)5/h11-14,17-18,23,25H,9-10,15-16,19H2,1-8H3/b13-11+,20-17+/t23-,25+,29+/m0/s1. The van der Waals surface area contributed by atoms with Crippen molar-refractivity contribution >= 4 is 5.97 Å². The second-order valence-corrected chi connectivity index (χ2v) is 11.1. The van der Waals surface area contributed by atoms with Crippen LogP contribution in [0.3, 0.4) is 0 Å². The molecule has 0 unspecified atom stereocenters. The SMILES string of the molecule is CCOC[C@@H]1[C@H](/C=C/C(C)=C/C(=O)OCC)[C@@]1(C)c1ccc2c(c1)C(C)(C)CCC2(C)C. The first-order valence-corrected chi connectivity index (χ1v) is 12.2. The average molecular weight is 439 g/mol. The fourth-order valence-corrected chi connectivity index (χ4v) is 5.50. The van der Waals surface area contributed by atoms with Crippen LogP contribution >= 0.6 is 0 Å². The normalized spacial score (nSPS) is 28.4. The van der Waals surface area contributed by atoms with Gasteiger partial charge >= 0.3 is 5.97 Å². The van der Waals surface area contributed by atoms with E-state index in [2.05, 4.69) is 71.9 Å². The van der Waals surface area contributed by atoms with Crippen molar-refractivity contribution in [3.8, 4) is 0 Å². The summed E-state index contributed by atoms with van der Waals surface area (Å²) in [7, 11) is 0. The van der Waals surface area contributed by atoms with Crippen molar-refractivity contribution in [2.75, 3.05) is 19.8 Å². The van der Waals surface area contributed by atoms with Crippen molar-refractivity contribution < 1.29 is 14.3 Å². The molecule has 0 radical (unpaired) electrons. The number of hydrogen-bond acceptors (Lipinski definition) is 3. The van der Waals surface area contributed by atoms with E-state index in [-0.39, 0.29) is 22.2 Å². The molecule has 0 aliphatic heterocycles. The molecule has 0 aromatic heterocycles. The Bertz CT molecular complexity index is 905. The highest BCUT2D eigenvalue weighted by molar-refractivity contribution is 5.83. The molecule has 3 nitrogen and oxygen atoms in total. The third-order valence-electron chi connectivity index (χ3n) is 7.96. The summed E-state index contributed by atoms with van der Waals surface area (Å²) in [5, 5.41) is 0. The van der Waals surface area contributed by atoms with Crippen molar-refractivity contribution in [1.29, 1.82) is 0 Å². The fraction of sp³-hybridized carbons (Fsp3) is 0.621.